The minimum Gasteiger partial charge on any atom is -0.497 e. The van der Waals surface area contributed by atoms with Gasteiger partial charge in [0.2, 0.25) is 5.91 Å². The minimum absolute atomic E-state index is 0.265. The van der Waals surface area contributed by atoms with Gasteiger partial charge in [-0.3, -0.25) is 9.59 Å². The largest absolute Gasteiger partial charge is 0.497 e. The Bertz CT molecular complexity index is 784. The van der Waals surface area contributed by atoms with Crippen LogP contribution in [-0.2, 0) is 11.3 Å². The van der Waals surface area contributed by atoms with Gasteiger partial charge in [-0.15, -0.1) is 5.10 Å². The molecule has 25 heavy (non-hydrogen) atoms. The number of nitrogens with two attached hydrogens (primary N) is 1. The van der Waals surface area contributed by atoms with Crippen LogP contribution in [-0.4, -0.2) is 51.4 Å². The zero-order chi connectivity index (χ0) is 18.0. The maximum absolute atomic E-state index is 12.7. The number of benzene rings is 1. The van der Waals surface area contributed by atoms with Crippen molar-refractivity contribution in [1.29, 1.82) is 0 Å². The predicted molar refractivity (Wildman–Crippen MR) is 90.1 cm³/mol. The highest BCUT2D eigenvalue weighted by atomic mass is 16.5. The summed E-state index contributed by atoms with van der Waals surface area (Å²) in [6.07, 6.45) is 1.36. The molecule has 1 fully saturated rings. The Balaban J connectivity index is 1.78. The normalized spacial score (nSPS) is 16.9. The van der Waals surface area contributed by atoms with Crippen molar-refractivity contribution in [3.05, 3.63) is 41.2 Å². The quantitative estimate of drug-likeness (QED) is 0.862. The Kier molecular flexibility index (Phi) is 4.69. The van der Waals surface area contributed by atoms with Crippen molar-refractivity contribution in [3.63, 3.8) is 0 Å². The zero-order valence-electron chi connectivity index (χ0n) is 14.3. The summed E-state index contributed by atoms with van der Waals surface area (Å²) >= 11 is 0. The minimum atomic E-state index is -0.557. The fraction of sp³-hybridized carbons (Fsp3) is 0.412. The number of hydrogen-bond donors (Lipinski definition) is 1. The van der Waals surface area contributed by atoms with Crippen molar-refractivity contribution in [1.82, 2.24) is 19.9 Å². The Morgan fingerprint density at radius 3 is 2.68 bits per heavy atom. The summed E-state index contributed by atoms with van der Waals surface area (Å²) in [6, 6.07) is 7.06. The van der Waals surface area contributed by atoms with Crippen LogP contribution >= 0.6 is 0 Å². The van der Waals surface area contributed by atoms with Crippen LogP contribution in [0, 0.1) is 6.92 Å². The van der Waals surface area contributed by atoms with E-state index in [-0.39, 0.29) is 11.6 Å². The van der Waals surface area contributed by atoms with Gasteiger partial charge in [-0.05, 0) is 37.5 Å². The third-order valence-electron chi connectivity index (χ3n) is 4.52. The van der Waals surface area contributed by atoms with E-state index >= 15 is 0 Å². The van der Waals surface area contributed by atoms with E-state index in [1.54, 1.807) is 18.7 Å². The molecule has 0 unspecified atom stereocenters. The average molecular weight is 343 g/mol. The molecular formula is C17H21N5O3. The molecule has 2 aromatic rings. The van der Waals surface area contributed by atoms with Crippen molar-refractivity contribution in [2.75, 3.05) is 13.7 Å². The molecule has 1 aromatic heterocycles. The monoisotopic (exact) mass is 343 g/mol. The summed E-state index contributed by atoms with van der Waals surface area (Å²) in [5.74, 6) is 0.00960. The van der Waals surface area contributed by atoms with Crippen LogP contribution < -0.4 is 10.5 Å². The standard InChI is InChI=1S/C17H21N5O3/c1-11-15(17(24)21-9-3-4-14(21)16(18)23)19-20-22(11)10-12-5-7-13(25-2)8-6-12/h5-8,14H,3-4,9-10H2,1-2H3,(H2,18,23)/t14-/m0/s1. The second kappa shape index (κ2) is 6.92. The highest BCUT2D eigenvalue weighted by Gasteiger charge is 2.35. The van der Waals surface area contributed by atoms with E-state index in [4.69, 9.17) is 10.5 Å². The number of aromatic nitrogens is 3. The number of ether oxygens (including phenoxy) is 1. The van der Waals surface area contributed by atoms with Crippen LogP contribution in [0.3, 0.4) is 0 Å². The van der Waals surface area contributed by atoms with Gasteiger partial charge in [0.15, 0.2) is 5.69 Å². The first-order valence-electron chi connectivity index (χ1n) is 8.14. The number of likely N-dealkylation sites (tertiary alicyclic amines) is 1. The van der Waals surface area contributed by atoms with Gasteiger partial charge in [-0.2, -0.15) is 0 Å². The average Bonchev–Trinajstić information content (AvgIpc) is 3.23. The topological polar surface area (TPSA) is 103 Å². The molecule has 3 rings (SSSR count). The molecule has 1 aromatic carbocycles. The molecule has 0 spiro atoms. The van der Waals surface area contributed by atoms with Crippen LogP contribution in [0.15, 0.2) is 24.3 Å². The smallest absolute Gasteiger partial charge is 0.277 e. The van der Waals surface area contributed by atoms with E-state index in [9.17, 15) is 9.59 Å². The van der Waals surface area contributed by atoms with E-state index in [0.717, 1.165) is 17.7 Å². The number of carbonyl (C=O) groups is 2. The van der Waals surface area contributed by atoms with Gasteiger partial charge in [-0.1, -0.05) is 17.3 Å². The third kappa shape index (κ3) is 3.33. The molecular weight excluding hydrogens is 322 g/mol. The molecule has 1 atom stereocenters. The van der Waals surface area contributed by atoms with Crippen molar-refractivity contribution in [3.8, 4) is 5.75 Å². The Hall–Kier alpha value is -2.90. The van der Waals surface area contributed by atoms with Crippen LogP contribution in [0.1, 0.15) is 34.6 Å². The molecule has 8 heteroatoms. The molecule has 132 valence electrons. The Morgan fingerprint density at radius 2 is 2.04 bits per heavy atom. The highest BCUT2D eigenvalue weighted by molar-refractivity contribution is 5.96. The van der Waals surface area contributed by atoms with Gasteiger partial charge in [0.05, 0.1) is 19.3 Å². The lowest BCUT2D eigenvalue weighted by Gasteiger charge is -2.21. The number of methoxy groups -OCH3 is 1. The maximum atomic E-state index is 12.7. The molecule has 1 saturated heterocycles. The molecule has 0 radical (unpaired) electrons. The zero-order valence-corrected chi connectivity index (χ0v) is 14.3. The molecule has 0 bridgehead atoms. The first kappa shape index (κ1) is 16.9. The fourth-order valence-electron chi connectivity index (χ4n) is 3.05. The van der Waals surface area contributed by atoms with Gasteiger partial charge in [-0.25, -0.2) is 4.68 Å². The number of nitrogens with zero attached hydrogens (tertiary/aromatic N) is 4. The lowest BCUT2D eigenvalue weighted by atomic mass is 10.2. The van der Waals surface area contributed by atoms with Crippen molar-refractivity contribution in [2.24, 2.45) is 5.73 Å². The second-order valence-electron chi connectivity index (χ2n) is 6.09. The SMILES string of the molecule is COc1ccc(Cn2nnc(C(=O)N3CCC[C@H]3C(N)=O)c2C)cc1. The summed E-state index contributed by atoms with van der Waals surface area (Å²) in [5.41, 5.74) is 7.33. The second-order valence-corrected chi connectivity index (χ2v) is 6.09. The number of rotatable bonds is 5. The Morgan fingerprint density at radius 1 is 1.32 bits per heavy atom. The lowest BCUT2D eigenvalue weighted by Crippen LogP contribution is -2.44. The van der Waals surface area contributed by atoms with E-state index in [1.807, 2.05) is 24.3 Å². The number of amides is 2. The molecule has 2 N–H and O–H groups in total. The maximum Gasteiger partial charge on any atom is 0.277 e. The summed E-state index contributed by atoms with van der Waals surface area (Å²) in [7, 11) is 1.62. The van der Waals surface area contributed by atoms with E-state index < -0.39 is 11.9 Å². The fourth-order valence-corrected chi connectivity index (χ4v) is 3.05. The van der Waals surface area contributed by atoms with Gasteiger partial charge < -0.3 is 15.4 Å². The van der Waals surface area contributed by atoms with Crippen molar-refractivity contribution < 1.29 is 14.3 Å². The van der Waals surface area contributed by atoms with Crippen LogP contribution in [0.2, 0.25) is 0 Å². The summed E-state index contributed by atoms with van der Waals surface area (Å²) < 4.78 is 6.81. The predicted octanol–water partition coefficient (Wildman–Crippen LogP) is 0.733. The number of primary amides is 1. The van der Waals surface area contributed by atoms with Gasteiger partial charge in [0.1, 0.15) is 11.8 Å². The van der Waals surface area contributed by atoms with Crippen LogP contribution in [0.5, 0.6) is 5.75 Å². The molecule has 1 aliphatic rings. The van der Waals surface area contributed by atoms with E-state index in [0.29, 0.717) is 25.2 Å². The van der Waals surface area contributed by atoms with Crippen molar-refractivity contribution >= 4 is 11.8 Å². The molecule has 1 aliphatic heterocycles. The molecule has 0 saturated carbocycles. The molecule has 8 nitrogen and oxygen atoms in total. The van der Waals surface area contributed by atoms with Gasteiger partial charge >= 0.3 is 0 Å². The first-order valence-corrected chi connectivity index (χ1v) is 8.14. The van der Waals surface area contributed by atoms with Crippen LogP contribution in [0.25, 0.3) is 0 Å². The first-order chi connectivity index (χ1) is 12.0. The third-order valence-corrected chi connectivity index (χ3v) is 4.52. The summed E-state index contributed by atoms with van der Waals surface area (Å²) in [5, 5.41) is 8.12. The van der Waals surface area contributed by atoms with Crippen LogP contribution in [0.4, 0.5) is 0 Å². The Labute approximate surface area is 145 Å². The van der Waals surface area contributed by atoms with E-state index in [2.05, 4.69) is 10.3 Å². The number of hydrogen-bond acceptors (Lipinski definition) is 5. The van der Waals surface area contributed by atoms with Gasteiger partial charge in [0, 0.05) is 6.54 Å². The van der Waals surface area contributed by atoms with Gasteiger partial charge in [0.25, 0.3) is 5.91 Å². The summed E-state index contributed by atoms with van der Waals surface area (Å²) in [6.45, 7) is 2.80. The summed E-state index contributed by atoms with van der Waals surface area (Å²) in [4.78, 5) is 25.7. The highest BCUT2D eigenvalue weighted by Crippen LogP contribution is 2.21. The van der Waals surface area contributed by atoms with Crippen molar-refractivity contribution in [2.45, 2.75) is 32.4 Å². The molecule has 2 heterocycles. The molecule has 0 aliphatic carbocycles. The van der Waals surface area contributed by atoms with E-state index in [1.165, 1.54) is 4.90 Å². The lowest BCUT2D eigenvalue weighted by molar-refractivity contribution is -0.121. The number of carbonyl (C=O) groups excluding carboxylic acids is 2. The molecule has 2 amide bonds.